The number of allylic oxidation sites excluding steroid dienone is 2. The normalized spacial score (nSPS) is 17.9. The maximum absolute atomic E-state index is 12.0. The third kappa shape index (κ3) is 4.68. The molecule has 6 heteroatoms. The molecule has 2 rings (SSSR count). The Hall–Kier alpha value is -1.66. The number of hydrogen-bond donors (Lipinski definition) is 2. The number of sulfonamides is 1. The molecule has 5 nitrogen and oxygen atoms in total. The number of carbonyl (C=O) groups is 1. The number of hydrogen-bond acceptors (Lipinski definition) is 3. The molecule has 1 aromatic carbocycles. The van der Waals surface area contributed by atoms with Gasteiger partial charge in [-0.1, -0.05) is 12.2 Å². The minimum atomic E-state index is -3.50. The third-order valence-electron chi connectivity index (χ3n) is 3.40. The van der Waals surface area contributed by atoms with Gasteiger partial charge in [0.1, 0.15) is 0 Å². The summed E-state index contributed by atoms with van der Waals surface area (Å²) in [6.07, 6.45) is 6.69. The lowest BCUT2D eigenvalue weighted by Crippen LogP contribution is -2.30. The molecule has 0 spiro atoms. The minimum absolute atomic E-state index is 0.0486. The Labute approximate surface area is 131 Å². The van der Waals surface area contributed by atoms with Crippen molar-refractivity contribution in [3.8, 4) is 0 Å². The van der Waals surface area contributed by atoms with E-state index in [9.17, 15) is 13.2 Å². The van der Waals surface area contributed by atoms with E-state index in [1.807, 2.05) is 0 Å². The molecule has 0 bridgehead atoms. The SMILES string of the molecule is CC(C)NS(=O)(=O)c1ccc(NC(=O)CC2C=CCC2)cc1. The maximum atomic E-state index is 12.0. The van der Waals surface area contributed by atoms with Crippen molar-refractivity contribution < 1.29 is 13.2 Å². The summed E-state index contributed by atoms with van der Waals surface area (Å²) < 4.78 is 26.5. The van der Waals surface area contributed by atoms with Crippen LogP contribution in [0.2, 0.25) is 0 Å². The minimum Gasteiger partial charge on any atom is -0.326 e. The van der Waals surface area contributed by atoms with Crippen LogP contribution >= 0.6 is 0 Å². The van der Waals surface area contributed by atoms with Gasteiger partial charge in [-0.25, -0.2) is 13.1 Å². The van der Waals surface area contributed by atoms with Gasteiger partial charge in [0.05, 0.1) is 4.90 Å². The van der Waals surface area contributed by atoms with Gasteiger partial charge in [-0.3, -0.25) is 4.79 Å². The molecule has 1 unspecified atom stereocenters. The fourth-order valence-corrected chi connectivity index (χ4v) is 3.66. The zero-order valence-corrected chi connectivity index (χ0v) is 13.7. The van der Waals surface area contributed by atoms with E-state index in [1.54, 1.807) is 26.0 Å². The Kier molecular flexibility index (Phi) is 5.37. The molecular weight excluding hydrogens is 300 g/mol. The molecule has 22 heavy (non-hydrogen) atoms. The van der Waals surface area contributed by atoms with E-state index in [1.165, 1.54) is 12.1 Å². The topological polar surface area (TPSA) is 75.3 Å². The fraction of sp³-hybridized carbons (Fsp3) is 0.438. The first-order valence-corrected chi connectivity index (χ1v) is 8.94. The highest BCUT2D eigenvalue weighted by molar-refractivity contribution is 7.89. The van der Waals surface area contributed by atoms with Crippen molar-refractivity contribution in [2.24, 2.45) is 5.92 Å². The molecule has 1 aliphatic carbocycles. The second-order valence-corrected chi connectivity index (χ2v) is 7.53. The number of nitrogens with one attached hydrogen (secondary N) is 2. The lowest BCUT2D eigenvalue weighted by Gasteiger charge is -2.11. The lowest BCUT2D eigenvalue weighted by molar-refractivity contribution is -0.116. The van der Waals surface area contributed by atoms with Gasteiger partial charge in [0.15, 0.2) is 0 Å². The van der Waals surface area contributed by atoms with Crippen molar-refractivity contribution in [2.75, 3.05) is 5.32 Å². The highest BCUT2D eigenvalue weighted by atomic mass is 32.2. The van der Waals surface area contributed by atoms with Gasteiger partial charge in [0, 0.05) is 18.2 Å². The molecule has 0 aromatic heterocycles. The van der Waals surface area contributed by atoms with Gasteiger partial charge < -0.3 is 5.32 Å². The Morgan fingerprint density at radius 2 is 1.95 bits per heavy atom. The molecule has 2 N–H and O–H groups in total. The van der Waals surface area contributed by atoms with Crippen LogP contribution in [0, 0.1) is 5.92 Å². The number of rotatable bonds is 6. The van der Waals surface area contributed by atoms with Crippen molar-refractivity contribution in [1.82, 2.24) is 4.72 Å². The molecule has 0 saturated carbocycles. The van der Waals surface area contributed by atoms with E-state index < -0.39 is 10.0 Å². The first-order chi connectivity index (χ1) is 10.4. The quantitative estimate of drug-likeness (QED) is 0.791. The number of benzene rings is 1. The molecule has 1 aromatic rings. The summed E-state index contributed by atoms with van der Waals surface area (Å²) in [6, 6.07) is 6.05. The van der Waals surface area contributed by atoms with E-state index in [0.717, 1.165) is 12.8 Å². The van der Waals surface area contributed by atoms with E-state index in [0.29, 0.717) is 18.0 Å². The Balaban J connectivity index is 1.96. The van der Waals surface area contributed by atoms with Crippen molar-refractivity contribution in [1.29, 1.82) is 0 Å². The largest absolute Gasteiger partial charge is 0.326 e. The fourth-order valence-electron chi connectivity index (χ4n) is 2.41. The van der Waals surface area contributed by atoms with Crippen molar-refractivity contribution in [2.45, 2.75) is 44.0 Å². The maximum Gasteiger partial charge on any atom is 0.240 e. The molecule has 0 radical (unpaired) electrons. The standard InChI is InChI=1S/C16H22N2O3S/c1-12(2)18-22(20,21)15-9-7-14(8-10-15)17-16(19)11-13-5-3-4-6-13/h3,5,7-10,12-13,18H,4,6,11H2,1-2H3,(H,17,19). The average molecular weight is 322 g/mol. The zero-order valence-electron chi connectivity index (χ0n) is 12.9. The van der Waals surface area contributed by atoms with Crippen LogP contribution in [-0.2, 0) is 14.8 Å². The summed E-state index contributed by atoms with van der Waals surface area (Å²) in [5.41, 5.74) is 0.607. The van der Waals surface area contributed by atoms with E-state index in [4.69, 9.17) is 0 Å². The van der Waals surface area contributed by atoms with E-state index in [-0.39, 0.29) is 16.8 Å². The van der Waals surface area contributed by atoms with Gasteiger partial charge in [-0.2, -0.15) is 0 Å². The summed E-state index contributed by atoms with van der Waals surface area (Å²) >= 11 is 0. The predicted molar refractivity (Wildman–Crippen MR) is 87.0 cm³/mol. The summed E-state index contributed by atoms with van der Waals surface area (Å²) in [7, 11) is -3.50. The number of anilines is 1. The second kappa shape index (κ2) is 7.07. The van der Waals surface area contributed by atoms with Crippen LogP contribution in [0.25, 0.3) is 0 Å². The summed E-state index contributed by atoms with van der Waals surface area (Å²) in [6.45, 7) is 3.53. The van der Waals surface area contributed by atoms with Crippen LogP contribution in [0.4, 0.5) is 5.69 Å². The van der Waals surface area contributed by atoms with Gasteiger partial charge in [0.2, 0.25) is 15.9 Å². The van der Waals surface area contributed by atoms with Gasteiger partial charge >= 0.3 is 0 Å². The molecule has 120 valence electrons. The first-order valence-electron chi connectivity index (χ1n) is 7.46. The zero-order chi connectivity index (χ0) is 16.2. The average Bonchev–Trinajstić information content (AvgIpc) is 2.90. The van der Waals surface area contributed by atoms with Gasteiger partial charge in [-0.05, 0) is 56.9 Å². The summed E-state index contributed by atoms with van der Waals surface area (Å²) in [4.78, 5) is 12.1. The van der Waals surface area contributed by atoms with Crippen LogP contribution in [0.1, 0.15) is 33.1 Å². The molecule has 0 fully saturated rings. The highest BCUT2D eigenvalue weighted by Gasteiger charge is 2.16. The van der Waals surface area contributed by atoms with E-state index in [2.05, 4.69) is 22.2 Å². The van der Waals surface area contributed by atoms with Crippen LogP contribution in [0.5, 0.6) is 0 Å². The molecular formula is C16H22N2O3S. The Bertz CT molecular complexity index is 648. The van der Waals surface area contributed by atoms with Gasteiger partial charge in [-0.15, -0.1) is 0 Å². The van der Waals surface area contributed by atoms with Crippen molar-refractivity contribution in [3.63, 3.8) is 0 Å². The Morgan fingerprint density at radius 3 is 2.50 bits per heavy atom. The molecule has 1 atom stereocenters. The van der Waals surface area contributed by atoms with Crippen LogP contribution < -0.4 is 10.0 Å². The van der Waals surface area contributed by atoms with Crippen LogP contribution in [0.3, 0.4) is 0 Å². The molecule has 0 aliphatic heterocycles. The highest BCUT2D eigenvalue weighted by Crippen LogP contribution is 2.21. The van der Waals surface area contributed by atoms with Crippen molar-refractivity contribution >= 4 is 21.6 Å². The summed E-state index contributed by atoms with van der Waals surface area (Å²) in [5, 5.41) is 2.80. The van der Waals surface area contributed by atoms with Crippen LogP contribution in [0.15, 0.2) is 41.3 Å². The molecule has 1 aliphatic rings. The first kappa shape index (κ1) is 16.7. The second-order valence-electron chi connectivity index (χ2n) is 5.82. The number of carbonyl (C=O) groups excluding carboxylic acids is 1. The predicted octanol–water partition coefficient (Wildman–Crippen LogP) is 2.67. The Morgan fingerprint density at radius 1 is 1.27 bits per heavy atom. The third-order valence-corrected chi connectivity index (χ3v) is 5.07. The number of amides is 1. The summed E-state index contributed by atoms with van der Waals surface area (Å²) in [5.74, 6) is 0.266. The smallest absolute Gasteiger partial charge is 0.240 e. The lowest BCUT2D eigenvalue weighted by atomic mass is 10.1. The van der Waals surface area contributed by atoms with Crippen molar-refractivity contribution in [3.05, 3.63) is 36.4 Å². The molecule has 1 amide bonds. The van der Waals surface area contributed by atoms with Crippen LogP contribution in [-0.4, -0.2) is 20.4 Å². The monoisotopic (exact) mass is 322 g/mol. The van der Waals surface area contributed by atoms with E-state index >= 15 is 0 Å². The van der Waals surface area contributed by atoms with Gasteiger partial charge in [0.25, 0.3) is 0 Å². The molecule has 0 saturated heterocycles. The molecule has 0 heterocycles.